The summed E-state index contributed by atoms with van der Waals surface area (Å²) in [7, 11) is 0. The van der Waals surface area contributed by atoms with Gasteiger partial charge in [0, 0.05) is 18.7 Å². The predicted octanol–water partition coefficient (Wildman–Crippen LogP) is 1.29. The molecule has 0 fully saturated rings. The van der Waals surface area contributed by atoms with E-state index in [1.807, 2.05) is 20.8 Å². The molecule has 1 amide bonds. The zero-order chi connectivity index (χ0) is 14.8. The molecule has 112 valence electrons. The van der Waals surface area contributed by atoms with Crippen molar-refractivity contribution >= 4 is 6.09 Å². The maximum atomic E-state index is 11.8. The Balaban J connectivity index is 1.94. The molecule has 6 nitrogen and oxygen atoms in total. The zero-order valence-corrected chi connectivity index (χ0v) is 12.5. The number of hydrogen-bond donors (Lipinski definition) is 3. The van der Waals surface area contributed by atoms with Gasteiger partial charge in [0.2, 0.25) is 0 Å². The lowest BCUT2D eigenvalue weighted by Gasteiger charge is -2.22. The third kappa shape index (κ3) is 3.72. The van der Waals surface area contributed by atoms with Crippen LogP contribution in [-0.4, -0.2) is 34.5 Å². The van der Waals surface area contributed by atoms with Crippen LogP contribution in [0.15, 0.2) is 0 Å². The number of nitrogens with two attached hydrogens (primary N) is 1. The van der Waals surface area contributed by atoms with Gasteiger partial charge in [-0.05, 0) is 45.6 Å². The van der Waals surface area contributed by atoms with E-state index in [1.54, 1.807) is 0 Å². The van der Waals surface area contributed by atoms with Gasteiger partial charge in [-0.15, -0.1) is 0 Å². The number of nitrogens with zero attached hydrogens (tertiary/aromatic N) is 1. The number of rotatable bonds is 4. The van der Waals surface area contributed by atoms with Crippen LogP contribution in [0.25, 0.3) is 0 Å². The van der Waals surface area contributed by atoms with Crippen LogP contribution < -0.4 is 11.1 Å². The highest BCUT2D eigenvalue weighted by Crippen LogP contribution is 2.23. The largest absolute Gasteiger partial charge is 0.444 e. The van der Waals surface area contributed by atoms with Gasteiger partial charge in [0.05, 0.1) is 11.7 Å². The van der Waals surface area contributed by atoms with E-state index in [0.717, 1.165) is 18.5 Å². The van der Waals surface area contributed by atoms with Crippen LogP contribution in [0.3, 0.4) is 0 Å². The molecule has 0 radical (unpaired) electrons. The summed E-state index contributed by atoms with van der Waals surface area (Å²) < 4.78 is 5.25. The first-order chi connectivity index (χ1) is 9.39. The topological polar surface area (TPSA) is 93.0 Å². The zero-order valence-electron chi connectivity index (χ0n) is 12.5. The number of nitrogens with one attached hydrogen (secondary N) is 2. The number of carbonyl (C=O) groups excluding carboxylic acids is 1. The summed E-state index contributed by atoms with van der Waals surface area (Å²) in [5.74, 6) is 0. The van der Waals surface area contributed by atoms with Crippen LogP contribution in [0.4, 0.5) is 4.79 Å². The Morgan fingerprint density at radius 2 is 2.25 bits per heavy atom. The van der Waals surface area contributed by atoms with E-state index in [2.05, 4.69) is 15.5 Å². The fraction of sp³-hybridized carbons (Fsp3) is 0.714. The molecular weight excluding hydrogens is 256 g/mol. The first-order valence-electron chi connectivity index (χ1n) is 7.13. The third-order valence-corrected chi connectivity index (χ3v) is 3.34. The molecule has 1 atom stereocenters. The molecule has 1 heterocycles. The number of aromatic amines is 1. The van der Waals surface area contributed by atoms with Crippen LogP contribution >= 0.6 is 0 Å². The summed E-state index contributed by atoms with van der Waals surface area (Å²) in [4.78, 5) is 11.8. The maximum absolute atomic E-state index is 11.8. The van der Waals surface area contributed by atoms with E-state index in [1.165, 1.54) is 17.7 Å². The van der Waals surface area contributed by atoms with Crippen molar-refractivity contribution in [3.05, 3.63) is 17.0 Å². The Hall–Kier alpha value is -1.56. The molecule has 0 bridgehead atoms. The molecule has 0 spiro atoms. The number of aryl methyl sites for hydroxylation is 1. The van der Waals surface area contributed by atoms with E-state index in [-0.39, 0.29) is 6.04 Å². The summed E-state index contributed by atoms with van der Waals surface area (Å²) in [5, 5.41) is 10.2. The SMILES string of the molecule is CC(C)(C)OC(=O)NC(CN)Cc1n[nH]c2c1CCC2. The van der Waals surface area contributed by atoms with Gasteiger partial charge in [-0.2, -0.15) is 5.10 Å². The van der Waals surface area contributed by atoms with Gasteiger partial charge in [0.25, 0.3) is 0 Å². The minimum atomic E-state index is -0.503. The van der Waals surface area contributed by atoms with E-state index >= 15 is 0 Å². The molecule has 0 aliphatic heterocycles. The smallest absolute Gasteiger partial charge is 0.407 e. The van der Waals surface area contributed by atoms with Crippen LogP contribution in [-0.2, 0) is 24.0 Å². The van der Waals surface area contributed by atoms with Gasteiger partial charge in [0.15, 0.2) is 0 Å². The molecule has 1 aromatic rings. The predicted molar refractivity (Wildman–Crippen MR) is 76.5 cm³/mol. The fourth-order valence-corrected chi connectivity index (χ4v) is 2.46. The molecule has 0 saturated heterocycles. The van der Waals surface area contributed by atoms with Gasteiger partial charge in [-0.1, -0.05) is 0 Å². The second-order valence-electron chi connectivity index (χ2n) is 6.26. The molecule has 1 aliphatic carbocycles. The number of aromatic nitrogens is 2. The van der Waals surface area contributed by atoms with E-state index < -0.39 is 11.7 Å². The Kier molecular flexibility index (Phi) is 4.32. The molecular formula is C14H24N4O2. The third-order valence-electron chi connectivity index (χ3n) is 3.34. The highest BCUT2D eigenvalue weighted by atomic mass is 16.6. The Bertz CT molecular complexity index is 476. The molecule has 20 heavy (non-hydrogen) atoms. The molecule has 0 aromatic carbocycles. The standard InChI is InChI=1S/C14H24N4O2/c1-14(2,3)20-13(19)16-9(8-15)7-12-10-5-4-6-11(10)17-18-12/h9H,4-8,15H2,1-3H3,(H,16,19)(H,17,18). The van der Waals surface area contributed by atoms with Crippen molar-refractivity contribution in [1.29, 1.82) is 0 Å². The minimum absolute atomic E-state index is 0.155. The summed E-state index contributed by atoms with van der Waals surface area (Å²) in [5.41, 5.74) is 8.78. The summed E-state index contributed by atoms with van der Waals surface area (Å²) >= 11 is 0. The summed E-state index contributed by atoms with van der Waals surface area (Å²) in [6.45, 7) is 5.88. The summed E-state index contributed by atoms with van der Waals surface area (Å²) in [6, 6.07) is -0.155. The van der Waals surface area contributed by atoms with Crippen molar-refractivity contribution in [1.82, 2.24) is 15.5 Å². The van der Waals surface area contributed by atoms with Gasteiger partial charge >= 0.3 is 6.09 Å². The quantitative estimate of drug-likeness (QED) is 0.775. The Labute approximate surface area is 119 Å². The van der Waals surface area contributed by atoms with E-state index in [4.69, 9.17) is 10.5 Å². The lowest BCUT2D eigenvalue weighted by molar-refractivity contribution is 0.0505. The molecule has 6 heteroatoms. The van der Waals surface area contributed by atoms with E-state index in [0.29, 0.717) is 13.0 Å². The second kappa shape index (κ2) is 5.83. The van der Waals surface area contributed by atoms with Crippen LogP contribution in [0, 0.1) is 0 Å². The van der Waals surface area contributed by atoms with Crippen molar-refractivity contribution in [2.24, 2.45) is 5.73 Å². The van der Waals surface area contributed by atoms with Crippen molar-refractivity contribution in [3.8, 4) is 0 Å². The Morgan fingerprint density at radius 3 is 2.90 bits per heavy atom. The lowest BCUT2D eigenvalue weighted by atomic mass is 10.1. The van der Waals surface area contributed by atoms with Gasteiger partial charge in [-0.25, -0.2) is 4.79 Å². The van der Waals surface area contributed by atoms with Crippen LogP contribution in [0.5, 0.6) is 0 Å². The van der Waals surface area contributed by atoms with Crippen LogP contribution in [0.1, 0.15) is 44.1 Å². The number of H-pyrrole nitrogens is 1. The van der Waals surface area contributed by atoms with Gasteiger partial charge < -0.3 is 15.8 Å². The summed E-state index contributed by atoms with van der Waals surface area (Å²) in [6.07, 6.45) is 3.51. The average molecular weight is 280 g/mol. The molecule has 2 rings (SSSR count). The van der Waals surface area contributed by atoms with Crippen molar-refractivity contribution in [2.75, 3.05) is 6.54 Å². The molecule has 1 unspecified atom stereocenters. The molecule has 4 N–H and O–H groups in total. The van der Waals surface area contributed by atoms with Gasteiger partial charge in [-0.3, -0.25) is 5.10 Å². The number of fused-ring (bicyclic) bond motifs is 1. The second-order valence-corrected chi connectivity index (χ2v) is 6.26. The average Bonchev–Trinajstić information content (AvgIpc) is 2.90. The highest BCUT2D eigenvalue weighted by molar-refractivity contribution is 5.68. The van der Waals surface area contributed by atoms with Crippen molar-refractivity contribution < 1.29 is 9.53 Å². The lowest BCUT2D eigenvalue weighted by Crippen LogP contribution is -2.44. The van der Waals surface area contributed by atoms with Crippen molar-refractivity contribution in [2.45, 2.75) is 58.1 Å². The Morgan fingerprint density at radius 1 is 1.50 bits per heavy atom. The monoisotopic (exact) mass is 280 g/mol. The number of amides is 1. The van der Waals surface area contributed by atoms with Crippen molar-refractivity contribution in [3.63, 3.8) is 0 Å². The number of hydrogen-bond acceptors (Lipinski definition) is 4. The number of carbonyl (C=O) groups is 1. The maximum Gasteiger partial charge on any atom is 0.407 e. The number of alkyl carbamates (subject to hydrolysis) is 1. The molecule has 1 aromatic heterocycles. The van der Waals surface area contributed by atoms with Crippen LogP contribution in [0.2, 0.25) is 0 Å². The highest BCUT2D eigenvalue weighted by Gasteiger charge is 2.23. The van der Waals surface area contributed by atoms with E-state index in [9.17, 15) is 4.79 Å². The van der Waals surface area contributed by atoms with Gasteiger partial charge in [0.1, 0.15) is 5.60 Å². The molecule has 0 saturated carbocycles. The first-order valence-corrected chi connectivity index (χ1v) is 7.13. The molecule has 1 aliphatic rings. The normalized spacial score (nSPS) is 15.8. The first kappa shape index (κ1) is 14.8. The fourth-order valence-electron chi connectivity index (χ4n) is 2.46. The number of ether oxygens (including phenoxy) is 1. The minimum Gasteiger partial charge on any atom is -0.444 e.